The Morgan fingerprint density at radius 2 is 2.37 bits per heavy atom. The maximum absolute atomic E-state index is 6.27. The standard InChI is InChI=1S/C15H23BrN2O/c1-2-14-11-18(8-9-19-14)7-6-15(17)12-4-3-5-13(16)10-12/h3-5,10,14-15H,2,6-9,11,17H2,1H3. The summed E-state index contributed by atoms with van der Waals surface area (Å²) in [4.78, 5) is 2.47. The molecule has 1 aromatic carbocycles. The van der Waals surface area contributed by atoms with Crippen molar-refractivity contribution in [1.29, 1.82) is 0 Å². The highest BCUT2D eigenvalue weighted by Gasteiger charge is 2.19. The van der Waals surface area contributed by atoms with Crippen molar-refractivity contribution in [3.8, 4) is 0 Å². The third-order valence-corrected chi connectivity index (χ3v) is 4.20. The zero-order valence-corrected chi connectivity index (χ0v) is 13.1. The molecule has 1 fully saturated rings. The van der Waals surface area contributed by atoms with Gasteiger partial charge in [-0.2, -0.15) is 0 Å². The first-order valence-electron chi connectivity index (χ1n) is 7.04. The van der Waals surface area contributed by atoms with Crippen molar-refractivity contribution in [3.05, 3.63) is 34.3 Å². The zero-order chi connectivity index (χ0) is 13.7. The molecule has 2 N–H and O–H groups in total. The maximum atomic E-state index is 6.27. The predicted octanol–water partition coefficient (Wildman–Crippen LogP) is 2.95. The monoisotopic (exact) mass is 326 g/mol. The van der Waals surface area contributed by atoms with Gasteiger partial charge in [0, 0.05) is 30.1 Å². The minimum absolute atomic E-state index is 0.112. The maximum Gasteiger partial charge on any atom is 0.0700 e. The Morgan fingerprint density at radius 3 is 3.11 bits per heavy atom. The summed E-state index contributed by atoms with van der Waals surface area (Å²) in [7, 11) is 0. The second-order valence-corrected chi connectivity index (χ2v) is 6.07. The van der Waals surface area contributed by atoms with Crippen LogP contribution in [0.2, 0.25) is 0 Å². The smallest absolute Gasteiger partial charge is 0.0700 e. The van der Waals surface area contributed by atoms with Gasteiger partial charge in [0.1, 0.15) is 0 Å². The van der Waals surface area contributed by atoms with Crippen LogP contribution in [0.25, 0.3) is 0 Å². The van der Waals surface area contributed by atoms with Gasteiger partial charge in [0.05, 0.1) is 12.7 Å². The number of nitrogens with two attached hydrogens (primary N) is 1. The molecule has 3 nitrogen and oxygen atoms in total. The van der Waals surface area contributed by atoms with E-state index in [1.165, 1.54) is 5.56 Å². The number of ether oxygens (including phenoxy) is 1. The molecule has 2 atom stereocenters. The van der Waals surface area contributed by atoms with Crippen LogP contribution in [0.4, 0.5) is 0 Å². The van der Waals surface area contributed by atoms with E-state index in [-0.39, 0.29) is 6.04 Å². The molecule has 0 spiro atoms. The van der Waals surface area contributed by atoms with Crippen molar-refractivity contribution in [3.63, 3.8) is 0 Å². The van der Waals surface area contributed by atoms with Crippen LogP contribution in [-0.4, -0.2) is 37.2 Å². The lowest BCUT2D eigenvalue weighted by atomic mass is 10.0. The molecule has 4 heteroatoms. The molecule has 1 aliphatic heterocycles. The van der Waals surface area contributed by atoms with Crippen molar-refractivity contribution in [2.24, 2.45) is 5.73 Å². The quantitative estimate of drug-likeness (QED) is 0.904. The van der Waals surface area contributed by atoms with Crippen LogP contribution in [0.3, 0.4) is 0 Å². The van der Waals surface area contributed by atoms with Crippen molar-refractivity contribution < 1.29 is 4.74 Å². The molecule has 0 saturated carbocycles. The highest BCUT2D eigenvalue weighted by molar-refractivity contribution is 9.10. The average Bonchev–Trinajstić information content (AvgIpc) is 2.45. The normalized spacial score (nSPS) is 22.4. The summed E-state index contributed by atoms with van der Waals surface area (Å²) in [6, 6.07) is 8.40. The third kappa shape index (κ3) is 4.56. The summed E-state index contributed by atoms with van der Waals surface area (Å²) in [6.45, 7) is 6.16. The molecule has 1 aliphatic rings. The first kappa shape index (κ1) is 15.0. The summed E-state index contributed by atoms with van der Waals surface area (Å²) in [5.74, 6) is 0. The molecular weight excluding hydrogens is 304 g/mol. The van der Waals surface area contributed by atoms with Crippen molar-refractivity contribution >= 4 is 15.9 Å². The van der Waals surface area contributed by atoms with Crippen molar-refractivity contribution in [1.82, 2.24) is 4.90 Å². The van der Waals surface area contributed by atoms with Crippen LogP contribution in [0.1, 0.15) is 31.4 Å². The summed E-state index contributed by atoms with van der Waals surface area (Å²) in [5.41, 5.74) is 7.47. The number of morpholine rings is 1. The van der Waals surface area contributed by atoms with Gasteiger partial charge < -0.3 is 10.5 Å². The lowest BCUT2D eigenvalue weighted by Gasteiger charge is -2.33. The summed E-state index contributed by atoms with van der Waals surface area (Å²) < 4.78 is 6.78. The predicted molar refractivity (Wildman–Crippen MR) is 82.2 cm³/mol. The van der Waals surface area contributed by atoms with Gasteiger partial charge in [0.25, 0.3) is 0 Å². The van der Waals surface area contributed by atoms with E-state index in [1.54, 1.807) is 0 Å². The van der Waals surface area contributed by atoms with Gasteiger partial charge in [0.15, 0.2) is 0 Å². The molecule has 0 aromatic heterocycles. The molecule has 0 radical (unpaired) electrons. The number of rotatable bonds is 5. The number of benzene rings is 1. The van der Waals surface area contributed by atoms with Crippen LogP contribution in [-0.2, 0) is 4.74 Å². The largest absolute Gasteiger partial charge is 0.376 e. The lowest BCUT2D eigenvalue weighted by molar-refractivity contribution is -0.0302. The average molecular weight is 327 g/mol. The van der Waals surface area contributed by atoms with Crippen LogP contribution in [0, 0.1) is 0 Å². The van der Waals surface area contributed by atoms with Gasteiger partial charge in [0.2, 0.25) is 0 Å². The minimum atomic E-state index is 0.112. The van der Waals surface area contributed by atoms with Gasteiger partial charge in [-0.25, -0.2) is 0 Å². The third-order valence-electron chi connectivity index (χ3n) is 3.71. The van der Waals surface area contributed by atoms with Gasteiger partial charge >= 0.3 is 0 Å². The van der Waals surface area contributed by atoms with E-state index in [4.69, 9.17) is 10.5 Å². The number of halogens is 1. The molecule has 2 rings (SSSR count). The Hall–Kier alpha value is -0.420. The number of hydrogen-bond acceptors (Lipinski definition) is 3. The van der Waals surface area contributed by atoms with E-state index < -0.39 is 0 Å². The fourth-order valence-electron chi connectivity index (χ4n) is 2.46. The molecule has 1 heterocycles. The molecule has 106 valence electrons. The Bertz CT molecular complexity index is 399. The Labute approximate surface area is 124 Å². The van der Waals surface area contributed by atoms with E-state index in [0.29, 0.717) is 6.10 Å². The minimum Gasteiger partial charge on any atom is -0.376 e. The second-order valence-electron chi connectivity index (χ2n) is 5.15. The lowest BCUT2D eigenvalue weighted by Crippen LogP contribution is -2.43. The van der Waals surface area contributed by atoms with Crippen LogP contribution < -0.4 is 5.73 Å². The molecule has 0 amide bonds. The topological polar surface area (TPSA) is 38.5 Å². The van der Waals surface area contributed by atoms with Crippen LogP contribution in [0.5, 0.6) is 0 Å². The first-order chi connectivity index (χ1) is 9.19. The molecular formula is C15H23BrN2O. The molecule has 2 unspecified atom stereocenters. The Balaban J connectivity index is 1.81. The fourth-order valence-corrected chi connectivity index (χ4v) is 2.87. The van der Waals surface area contributed by atoms with Crippen molar-refractivity contribution in [2.45, 2.75) is 31.9 Å². The summed E-state index contributed by atoms with van der Waals surface area (Å²) in [6.07, 6.45) is 2.48. The summed E-state index contributed by atoms with van der Waals surface area (Å²) >= 11 is 3.49. The first-order valence-corrected chi connectivity index (χ1v) is 7.83. The van der Waals surface area contributed by atoms with Gasteiger partial charge in [-0.05, 0) is 30.5 Å². The van der Waals surface area contributed by atoms with Crippen LogP contribution >= 0.6 is 15.9 Å². The summed E-state index contributed by atoms with van der Waals surface area (Å²) in [5, 5.41) is 0. The van der Waals surface area contributed by atoms with Gasteiger partial charge in [-0.3, -0.25) is 4.90 Å². The zero-order valence-electron chi connectivity index (χ0n) is 11.5. The fraction of sp³-hybridized carbons (Fsp3) is 0.600. The highest BCUT2D eigenvalue weighted by atomic mass is 79.9. The van der Waals surface area contributed by atoms with E-state index in [0.717, 1.165) is 43.6 Å². The number of nitrogens with zero attached hydrogens (tertiary/aromatic N) is 1. The van der Waals surface area contributed by atoms with Gasteiger partial charge in [-0.15, -0.1) is 0 Å². The molecule has 0 aliphatic carbocycles. The molecule has 0 bridgehead atoms. The number of hydrogen-bond donors (Lipinski definition) is 1. The molecule has 1 saturated heterocycles. The SMILES string of the molecule is CCC1CN(CCC(N)c2cccc(Br)c2)CCO1. The Morgan fingerprint density at radius 1 is 1.53 bits per heavy atom. The molecule has 1 aromatic rings. The molecule has 19 heavy (non-hydrogen) atoms. The Kier molecular flexibility index (Phi) is 5.82. The second kappa shape index (κ2) is 7.39. The highest BCUT2D eigenvalue weighted by Crippen LogP contribution is 2.19. The van der Waals surface area contributed by atoms with E-state index in [9.17, 15) is 0 Å². The van der Waals surface area contributed by atoms with Crippen molar-refractivity contribution in [2.75, 3.05) is 26.2 Å². The van der Waals surface area contributed by atoms with E-state index >= 15 is 0 Å². The van der Waals surface area contributed by atoms with E-state index in [2.05, 4.69) is 39.9 Å². The van der Waals surface area contributed by atoms with Gasteiger partial charge in [-0.1, -0.05) is 35.0 Å². The van der Waals surface area contributed by atoms with E-state index in [1.807, 2.05) is 12.1 Å². The van der Waals surface area contributed by atoms with Crippen LogP contribution in [0.15, 0.2) is 28.7 Å².